The van der Waals surface area contributed by atoms with E-state index in [-0.39, 0.29) is 16.5 Å². The maximum atomic E-state index is 10.8. The first-order valence-electron chi connectivity index (χ1n) is 4.59. The minimum absolute atomic E-state index is 0.0381. The van der Waals surface area contributed by atoms with Gasteiger partial charge in [0.05, 0.1) is 11.9 Å². The zero-order valence-corrected chi connectivity index (χ0v) is 9.22. The van der Waals surface area contributed by atoms with Gasteiger partial charge in [0.1, 0.15) is 11.3 Å². The molecule has 0 aromatic carbocycles. The van der Waals surface area contributed by atoms with Crippen molar-refractivity contribution in [2.45, 2.75) is 0 Å². The topological polar surface area (TPSA) is 88.0 Å². The maximum absolute atomic E-state index is 10.8. The van der Waals surface area contributed by atoms with Gasteiger partial charge in [-0.2, -0.15) is 0 Å². The molecule has 0 unspecified atom stereocenters. The van der Waals surface area contributed by atoms with Crippen molar-refractivity contribution in [3.63, 3.8) is 0 Å². The van der Waals surface area contributed by atoms with Gasteiger partial charge < -0.3 is 10.4 Å². The van der Waals surface area contributed by atoms with Crippen molar-refractivity contribution in [3.05, 3.63) is 41.6 Å². The van der Waals surface area contributed by atoms with E-state index in [9.17, 15) is 4.79 Å². The van der Waals surface area contributed by atoms with Crippen LogP contribution in [-0.4, -0.2) is 26.0 Å². The van der Waals surface area contributed by atoms with Gasteiger partial charge in [-0.3, -0.25) is 4.98 Å². The molecule has 0 radical (unpaired) electrons. The molecule has 2 aromatic heterocycles. The lowest BCUT2D eigenvalue weighted by molar-refractivity contribution is 0.0690. The molecule has 0 bridgehead atoms. The quantitative estimate of drug-likeness (QED) is 0.866. The van der Waals surface area contributed by atoms with E-state index in [0.717, 1.165) is 6.33 Å². The van der Waals surface area contributed by atoms with E-state index < -0.39 is 5.97 Å². The molecule has 17 heavy (non-hydrogen) atoms. The second-order valence-corrected chi connectivity index (χ2v) is 3.43. The second kappa shape index (κ2) is 4.75. The smallest absolute Gasteiger partial charge is 0.356 e. The highest BCUT2D eigenvalue weighted by Gasteiger charge is 2.15. The zero-order valence-electron chi connectivity index (χ0n) is 8.46. The fraction of sp³-hybridized carbons (Fsp3) is 0. The lowest BCUT2D eigenvalue weighted by Crippen LogP contribution is -2.05. The minimum Gasteiger partial charge on any atom is -0.476 e. The van der Waals surface area contributed by atoms with Crippen LogP contribution < -0.4 is 5.32 Å². The number of pyridine rings is 1. The predicted octanol–water partition coefficient (Wildman–Crippen LogP) is 1.97. The van der Waals surface area contributed by atoms with Crippen LogP contribution in [0.15, 0.2) is 30.9 Å². The van der Waals surface area contributed by atoms with Crippen LogP contribution in [0.4, 0.5) is 11.5 Å². The number of anilines is 2. The lowest BCUT2D eigenvalue weighted by atomic mass is 10.3. The molecule has 0 spiro atoms. The van der Waals surface area contributed by atoms with E-state index in [4.69, 9.17) is 16.7 Å². The molecule has 86 valence electrons. The number of nitrogens with one attached hydrogen (secondary N) is 1. The Morgan fingerprint density at radius 1 is 1.41 bits per heavy atom. The Balaban J connectivity index is 2.34. The van der Waals surface area contributed by atoms with Crippen LogP contribution in [0.3, 0.4) is 0 Å². The molecule has 2 rings (SSSR count). The molecule has 0 atom stereocenters. The fourth-order valence-corrected chi connectivity index (χ4v) is 1.41. The fourth-order valence-electron chi connectivity index (χ4n) is 1.18. The summed E-state index contributed by atoms with van der Waals surface area (Å²) in [5, 5.41) is 11.7. The molecular weight excluding hydrogens is 244 g/mol. The third-order valence-electron chi connectivity index (χ3n) is 1.92. The predicted molar refractivity (Wildman–Crippen MR) is 61.5 cm³/mol. The van der Waals surface area contributed by atoms with Crippen LogP contribution in [-0.2, 0) is 0 Å². The molecular formula is C10H7ClN4O2. The molecule has 0 saturated heterocycles. The van der Waals surface area contributed by atoms with Crippen molar-refractivity contribution in [2.24, 2.45) is 0 Å². The molecule has 2 aromatic rings. The highest BCUT2D eigenvalue weighted by Crippen LogP contribution is 2.24. The molecule has 0 saturated carbocycles. The van der Waals surface area contributed by atoms with Gasteiger partial charge in [0.15, 0.2) is 11.5 Å². The number of nitrogens with zero attached hydrogens (tertiary/aromatic N) is 3. The van der Waals surface area contributed by atoms with Gasteiger partial charge in [-0.25, -0.2) is 14.8 Å². The monoisotopic (exact) mass is 250 g/mol. The number of aromatic nitrogens is 3. The van der Waals surface area contributed by atoms with E-state index in [2.05, 4.69) is 20.3 Å². The average molecular weight is 251 g/mol. The average Bonchev–Trinajstić information content (AvgIpc) is 2.33. The number of hydrogen-bond donors (Lipinski definition) is 2. The number of halogens is 1. The normalized spacial score (nSPS) is 9.94. The van der Waals surface area contributed by atoms with E-state index in [1.54, 1.807) is 24.5 Å². The largest absolute Gasteiger partial charge is 0.476 e. The summed E-state index contributed by atoms with van der Waals surface area (Å²) in [5.74, 6) is -0.973. The van der Waals surface area contributed by atoms with E-state index >= 15 is 0 Å². The molecule has 2 heterocycles. The Bertz CT molecular complexity index is 547. The molecule has 2 N–H and O–H groups in total. The van der Waals surface area contributed by atoms with Crippen LogP contribution >= 0.6 is 11.6 Å². The summed E-state index contributed by atoms with van der Waals surface area (Å²) in [6, 6.07) is 3.49. The third-order valence-corrected chi connectivity index (χ3v) is 2.27. The van der Waals surface area contributed by atoms with Gasteiger partial charge in [-0.15, -0.1) is 0 Å². The summed E-state index contributed by atoms with van der Waals surface area (Å²) in [7, 11) is 0. The Morgan fingerprint density at radius 2 is 2.24 bits per heavy atom. The van der Waals surface area contributed by atoms with Crippen molar-refractivity contribution in [2.75, 3.05) is 5.32 Å². The molecule has 0 aliphatic heterocycles. The van der Waals surface area contributed by atoms with Crippen molar-refractivity contribution >= 4 is 29.1 Å². The number of aromatic carboxylic acids is 1. The summed E-state index contributed by atoms with van der Waals surface area (Å²) in [6.45, 7) is 0. The number of carboxylic acids is 1. The highest BCUT2D eigenvalue weighted by molar-refractivity contribution is 6.35. The Hall–Kier alpha value is -2.21. The molecule has 7 heteroatoms. The molecule has 0 aliphatic rings. The SMILES string of the molecule is O=C(O)c1ncnc(Nc2cccnc2)c1Cl. The van der Waals surface area contributed by atoms with Crippen molar-refractivity contribution < 1.29 is 9.90 Å². The molecule has 0 aliphatic carbocycles. The van der Waals surface area contributed by atoms with Gasteiger partial charge in [0.2, 0.25) is 0 Å². The van der Waals surface area contributed by atoms with Gasteiger partial charge in [-0.05, 0) is 12.1 Å². The molecule has 0 fully saturated rings. The number of hydrogen-bond acceptors (Lipinski definition) is 5. The lowest BCUT2D eigenvalue weighted by Gasteiger charge is -2.07. The van der Waals surface area contributed by atoms with Crippen LogP contribution in [0, 0.1) is 0 Å². The highest BCUT2D eigenvalue weighted by atomic mass is 35.5. The third kappa shape index (κ3) is 2.48. The van der Waals surface area contributed by atoms with E-state index in [1.165, 1.54) is 0 Å². The first kappa shape index (κ1) is 11.3. The van der Waals surface area contributed by atoms with Gasteiger partial charge in [-0.1, -0.05) is 11.6 Å². The Morgan fingerprint density at radius 3 is 2.88 bits per heavy atom. The minimum atomic E-state index is -1.20. The summed E-state index contributed by atoms with van der Waals surface area (Å²) in [6.07, 6.45) is 4.32. The van der Waals surface area contributed by atoms with Gasteiger partial charge in [0.25, 0.3) is 0 Å². The first-order valence-corrected chi connectivity index (χ1v) is 4.97. The van der Waals surface area contributed by atoms with Crippen molar-refractivity contribution in [1.82, 2.24) is 15.0 Å². The summed E-state index contributed by atoms with van der Waals surface area (Å²) in [5.41, 5.74) is 0.414. The summed E-state index contributed by atoms with van der Waals surface area (Å²) >= 11 is 5.86. The second-order valence-electron chi connectivity index (χ2n) is 3.06. The Kier molecular flexibility index (Phi) is 3.15. The summed E-state index contributed by atoms with van der Waals surface area (Å²) in [4.78, 5) is 22.2. The van der Waals surface area contributed by atoms with Gasteiger partial charge >= 0.3 is 5.97 Å². The number of carbonyl (C=O) groups is 1. The Labute approximate surface area is 101 Å². The van der Waals surface area contributed by atoms with Crippen LogP contribution in [0.25, 0.3) is 0 Å². The van der Waals surface area contributed by atoms with E-state index in [1.807, 2.05) is 0 Å². The van der Waals surface area contributed by atoms with Crippen LogP contribution in [0.5, 0.6) is 0 Å². The van der Waals surface area contributed by atoms with Crippen LogP contribution in [0.1, 0.15) is 10.5 Å². The summed E-state index contributed by atoms with van der Waals surface area (Å²) < 4.78 is 0. The van der Waals surface area contributed by atoms with Crippen molar-refractivity contribution in [3.8, 4) is 0 Å². The number of carboxylic acid groups (broad SMARTS) is 1. The van der Waals surface area contributed by atoms with Crippen LogP contribution in [0.2, 0.25) is 5.02 Å². The molecule has 6 nitrogen and oxygen atoms in total. The first-order chi connectivity index (χ1) is 8.18. The zero-order chi connectivity index (χ0) is 12.3. The standard InChI is InChI=1S/C10H7ClN4O2/c11-7-8(10(16)17)13-5-14-9(7)15-6-2-1-3-12-4-6/h1-5H,(H,16,17)(H,13,14,15). The maximum Gasteiger partial charge on any atom is 0.356 e. The van der Waals surface area contributed by atoms with Crippen molar-refractivity contribution in [1.29, 1.82) is 0 Å². The molecule has 0 amide bonds. The van der Waals surface area contributed by atoms with Gasteiger partial charge in [0, 0.05) is 6.20 Å². The van der Waals surface area contributed by atoms with E-state index in [0.29, 0.717) is 5.69 Å². The number of rotatable bonds is 3.